The highest BCUT2D eigenvalue weighted by Crippen LogP contribution is 2.32. The van der Waals surface area contributed by atoms with Crippen molar-refractivity contribution in [3.63, 3.8) is 0 Å². The summed E-state index contributed by atoms with van der Waals surface area (Å²) in [5, 5.41) is 0. The molecular weight excluding hydrogens is 244 g/mol. The number of rotatable bonds is 6. The fourth-order valence-electron chi connectivity index (χ4n) is 2.46. The molecule has 1 aliphatic carbocycles. The van der Waals surface area contributed by atoms with Gasteiger partial charge in [0.25, 0.3) is 0 Å². The van der Waals surface area contributed by atoms with E-state index in [1.807, 2.05) is 32.0 Å². The van der Waals surface area contributed by atoms with Gasteiger partial charge in [0.05, 0.1) is 13.0 Å². The van der Waals surface area contributed by atoms with E-state index in [0.717, 1.165) is 16.9 Å². The predicted molar refractivity (Wildman–Crippen MR) is 71.6 cm³/mol. The summed E-state index contributed by atoms with van der Waals surface area (Å²) in [5.74, 6) is 0.628. The molecule has 0 aliphatic heterocycles. The van der Waals surface area contributed by atoms with Crippen LogP contribution in [0.15, 0.2) is 18.2 Å². The lowest BCUT2D eigenvalue weighted by Gasteiger charge is -2.21. The van der Waals surface area contributed by atoms with Crippen molar-refractivity contribution in [3.05, 3.63) is 29.3 Å². The molecule has 19 heavy (non-hydrogen) atoms. The van der Waals surface area contributed by atoms with E-state index in [-0.39, 0.29) is 11.7 Å². The highest BCUT2D eigenvalue weighted by Gasteiger charge is 2.37. The largest absolute Gasteiger partial charge is 0.497 e. The minimum atomic E-state index is -0.458. The number of Topliss-reactive ketones (excluding diaryl/α,β-unsaturated/α-hetero) is 1. The molecular formula is C15H20O4. The molecule has 0 bridgehead atoms. The Bertz CT molecular complexity index is 449. The highest BCUT2D eigenvalue weighted by atomic mass is 16.7. The summed E-state index contributed by atoms with van der Waals surface area (Å²) in [4.78, 5) is 12.4. The fourth-order valence-corrected chi connectivity index (χ4v) is 2.46. The molecule has 104 valence electrons. The molecule has 0 amide bonds. The molecule has 1 atom stereocenters. The van der Waals surface area contributed by atoms with E-state index in [4.69, 9.17) is 14.2 Å². The molecule has 0 radical (unpaired) electrons. The van der Waals surface area contributed by atoms with E-state index in [1.165, 1.54) is 0 Å². The molecule has 0 fully saturated rings. The molecule has 1 aliphatic rings. The first kappa shape index (κ1) is 14.0. The van der Waals surface area contributed by atoms with Crippen LogP contribution in [0.2, 0.25) is 0 Å². The van der Waals surface area contributed by atoms with Gasteiger partial charge in [-0.05, 0) is 44.0 Å². The topological polar surface area (TPSA) is 44.8 Å². The summed E-state index contributed by atoms with van der Waals surface area (Å²) in [6.45, 7) is 4.88. The number of fused-ring (bicyclic) bond motifs is 1. The number of carbonyl (C=O) groups excluding carboxylic acids is 1. The number of hydrogen-bond donors (Lipinski definition) is 0. The molecule has 1 unspecified atom stereocenters. The first-order valence-electron chi connectivity index (χ1n) is 6.65. The normalized spacial score (nSPS) is 17.9. The van der Waals surface area contributed by atoms with E-state index in [1.54, 1.807) is 7.11 Å². The van der Waals surface area contributed by atoms with Crippen molar-refractivity contribution < 1.29 is 19.0 Å². The van der Waals surface area contributed by atoms with Gasteiger partial charge in [-0.1, -0.05) is 0 Å². The third kappa shape index (κ3) is 2.80. The van der Waals surface area contributed by atoms with E-state index < -0.39 is 6.29 Å². The van der Waals surface area contributed by atoms with Gasteiger partial charge in [0.1, 0.15) is 5.75 Å². The van der Waals surface area contributed by atoms with Crippen molar-refractivity contribution in [2.75, 3.05) is 20.3 Å². The molecule has 1 aromatic carbocycles. The SMILES string of the molecule is CCOC(OCC)C1Cc2cc(OC)ccc2C1=O. The van der Waals surface area contributed by atoms with Crippen molar-refractivity contribution in [2.24, 2.45) is 5.92 Å². The second-order valence-corrected chi connectivity index (χ2v) is 4.48. The average Bonchev–Trinajstić information content (AvgIpc) is 2.75. The average molecular weight is 264 g/mol. The minimum Gasteiger partial charge on any atom is -0.497 e. The molecule has 0 heterocycles. The van der Waals surface area contributed by atoms with Crippen LogP contribution in [-0.4, -0.2) is 32.4 Å². The number of carbonyl (C=O) groups is 1. The standard InChI is InChI=1S/C15H20O4/c1-4-18-15(19-5-2)13-9-10-8-11(17-3)6-7-12(10)14(13)16/h6-8,13,15H,4-5,9H2,1-3H3. The molecule has 4 nitrogen and oxygen atoms in total. The molecule has 4 heteroatoms. The lowest BCUT2D eigenvalue weighted by Crippen LogP contribution is -2.31. The Morgan fingerprint density at radius 2 is 1.95 bits per heavy atom. The quantitative estimate of drug-likeness (QED) is 0.740. The molecule has 2 rings (SSSR count). The van der Waals surface area contributed by atoms with E-state index in [9.17, 15) is 4.79 Å². The van der Waals surface area contributed by atoms with Crippen molar-refractivity contribution in [1.29, 1.82) is 0 Å². The van der Waals surface area contributed by atoms with Crippen LogP contribution in [0.25, 0.3) is 0 Å². The molecule has 0 spiro atoms. The van der Waals surface area contributed by atoms with Gasteiger partial charge in [-0.15, -0.1) is 0 Å². The third-order valence-corrected chi connectivity index (χ3v) is 3.34. The molecule has 0 saturated heterocycles. The zero-order chi connectivity index (χ0) is 13.8. The minimum absolute atomic E-state index is 0.101. The van der Waals surface area contributed by atoms with Crippen molar-refractivity contribution in [1.82, 2.24) is 0 Å². The van der Waals surface area contributed by atoms with Crippen LogP contribution in [0.3, 0.4) is 0 Å². The smallest absolute Gasteiger partial charge is 0.171 e. The van der Waals surface area contributed by atoms with Gasteiger partial charge in [-0.25, -0.2) is 0 Å². The summed E-state index contributed by atoms with van der Waals surface area (Å²) in [5.41, 5.74) is 1.77. The second kappa shape index (κ2) is 6.17. The van der Waals surface area contributed by atoms with E-state index in [0.29, 0.717) is 19.6 Å². The summed E-state index contributed by atoms with van der Waals surface area (Å²) in [6.07, 6.45) is 0.191. The molecule has 0 aromatic heterocycles. The summed E-state index contributed by atoms with van der Waals surface area (Å²) in [7, 11) is 1.62. The molecule has 1 aromatic rings. The Kier molecular flexibility index (Phi) is 4.56. The predicted octanol–water partition coefficient (Wildman–Crippen LogP) is 2.45. The maximum Gasteiger partial charge on any atom is 0.171 e. The first-order valence-corrected chi connectivity index (χ1v) is 6.65. The van der Waals surface area contributed by atoms with Crippen LogP contribution in [-0.2, 0) is 15.9 Å². The number of methoxy groups -OCH3 is 1. The lowest BCUT2D eigenvalue weighted by atomic mass is 10.0. The van der Waals surface area contributed by atoms with Gasteiger partial charge in [0, 0.05) is 18.8 Å². The van der Waals surface area contributed by atoms with Crippen molar-refractivity contribution >= 4 is 5.78 Å². The van der Waals surface area contributed by atoms with Gasteiger partial charge >= 0.3 is 0 Å². The monoisotopic (exact) mass is 264 g/mol. The van der Waals surface area contributed by atoms with Gasteiger partial charge < -0.3 is 14.2 Å². The Labute approximate surface area is 113 Å². The highest BCUT2D eigenvalue weighted by molar-refractivity contribution is 6.02. The lowest BCUT2D eigenvalue weighted by molar-refractivity contribution is -0.156. The van der Waals surface area contributed by atoms with Gasteiger partial charge in [0.2, 0.25) is 0 Å². The zero-order valence-electron chi connectivity index (χ0n) is 11.6. The van der Waals surface area contributed by atoms with Crippen LogP contribution in [0, 0.1) is 5.92 Å². The van der Waals surface area contributed by atoms with Crippen LogP contribution in [0.1, 0.15) is 29.8 Å². The number of ketones is 1. The second-order valence-electron chi connectivity index (χ2n) is 4.48. The number of benzene rings is 1. The zero-order valence-corrected chi connectivity index (χ0v) is 11.6. The van der Waals surface area contributed by atoms with Crippen LogP contribution >= 0.6 is 0 Å². The third-order valence-electron chi connectivity index (χ3n) is 3.34. The summed E-state index contributed by atoms with van der Waals surface area (Å²) >= 11 is 0. The Balaban J connectivity index is 2.21. The maximum atomic E-state index is 12.4. The summed E-state index contributed by atoms with van der Waals surface area (Å²) < 4.78 is 16.3. The maximum absolute atomic E-state index is 12.4. The van der Waals surface area contributed by atoms with Crippen molar-refractivity contribution in [3.8, 4) is 5.75 Å². The van der Waals surface area contributed by atoms with E-state index >= 15 is 0 Å². The number of ether oxygens (including phenoxy) is 3. The van der Waals surface area contributed by atoms with Gasteiger partial charge in [-0.3, -0.25) is 4.79 Å². The molecule has 0 N–H and O–H groups in total. The Hall–Kier alpha value is -1.39. The molecule has 0 saturated carbocycles. The Morgan fingerprint density at radius 3 is 2.53 bits per heavy atom. The van der Waals surface area contributed by atoms with Gasteiger partial charge in [-0.2, -0.15) is 0 Å². The fraction of sp³-hybridized carbons (Fsp3) is 0.533. The van der Waals surface area contributed by atoms with Crippen LogP contribution in [0.4, 0.5) is 0 Å². The Morgan fingerprint density at radius 1 is 1.26 bits per heavy atom. The van der Waals surface area contributed by atoms with Gasteiger partial charge in [0.15, 0.2) is 12.1 Å². The van der Waals surface area contributed by atoms with E-state index in [2.05, 4.69) is 0 Å². The van der Waals surface area contributed by atoms with Crippen molar-refractivity contribution in [2.45, 2.75) is 26.6 Å². The summed E-state index contributed by atoms with van der Waals surface area (Å²) in [6, 6.07) is 5.56. The van der Waals surface area contributed by atoms with Crippen LogP contribution < -0.4 is 4.74 Å². The number of hydrogen-bond acceptors (Lipinski definition) is 4. The van der Waals surface area contributed by atoms with Crippen LogP contribution in [0.5, 0.6) is 5.75 Å². The first-order chi connectivity index (χ1) is 9.21.